The monoisotopic (exact) mass is 208 g/mol. The SMILES string of the molecule is CC1=CC(Nc2ccc(F)c(C)n2)NN1. The second-order valence-corrected chi connectivity index (χ2v) is 3.50. The highest BCUT2D eigenvalue weighted by molar-refractivity contribution is 5.38. The summed E-state index contributed by atoms with van der Waals surface area (Å²) in [6.07, 6.45) is 1.97. The third kappa shape index (κ3) is 2.24. The molecule has 0 bridgehead atoms. The van der Waals surface area contributed by atoms with Gasteiger partial charge in [0, 0.05) is 5.70 Å². The lowest BCUT2D eigenvalue weighted by molar-refractivity contribution is 0.603. The van der Waals surface area contributed by atoms with Crippen LogP contribution in [0.3, 0.4) is 0 Å². The van der Waals surface area contributed by atoms with Crippen molar-refractivity contribution in [1.82, 2.24) is 15.8 Å². The standard InChI is InChI=1S/C10H13FN4/c1-6-5-10(15-14-6)13-9-4-3-8(11)7(2)12-9/h3-5,10,14-15H,1-2H3,(H,12,13). The fourth-order valence-electron chi connectivity index (χ4n) is 1.39. The number of rotatable bonds is 2. The Morgan fingerprint density at radius 3 is 2.80 bits per heavy atom. The van der Waals surface area contributed by atoms with Crippen molar-refractivity contribution < 1.29 is 4.39 Å². The number of nitrogens with one attached hydrogen (secondary N) is 3. The van der Waals surface area contributed by atoms with E-state index in [9.17, 15) is 4.39 Å². The van der Waals surface area contributed by atoms with Crippen LogP contribution >= 0.6 is 0 Å². The third-order valence-corrected chi connectivity index (χ3v) is 2.17. The minimum Gasteiger partial charge on any atom is -0.350 e. The van der Waals surface area contributed by atoms with E-state index in [0.29, 0.717) is 11.5 Å². The summed E-state index contributed by atoms with van der Waals surface area (Å²) in [5.41, 5.74) is 7.41. The van der Waals surface area contributed by atoms with Crippen LogP contribution in [0.1, 0.15) is 12.6 Å². The van der Waals surface area contributed by atoms with E-state index in [1.54, 1.807) is 13.0 Å². The normalized spacial score (nSPS) is 19.7. The maximum Gasteiger partial charge on any atom is 0.144 e. The van der Waals surface area contributed by atoms with Crippen LogP contribution in [0, 0.1) is 12.7 Å². The first-order valence-corrected chi connectivity index (χ1v) is 4.75. The maximum absolute atomic E-state index is 12.9. The van der Waals surface area contributed by atoms with Gasteiger partial charge in [0.1, 0.15) is 17.8 Å². The maximum atomic E-state index is 12.9. The first-order valence-electron chi connectivity index (χ1n) is 4.75. The number of hydrogen-bond donors (Lipinski definition) is 3. The highest BCUT2D eigenvalue weighted by Gasteiger charge is 2.11. The van der Waals surface area contributed by atoms with Crippen molar-refractivity contribution in [3.63, 3.8) is 0 Å². The van der Waals surface area contributed by atoms with Gasteiger partial charge in [-0.2, -0.15) is 0 Å². The molecule has 0 saturated heterocycles. The summed E-state index contributed by atoms with van der Waals surface area (Å²) in [6.45, 7) is 3.60. The molecule has 0 spiro atoms. The molecule has 2 heterocycles. The van der Waals surface area contributed by atoms with E-state index in [1.807, 2.05) is 13.0 Å². The third-order valence-electron chi connectivity index (χ3n) is 2.17. The van der Waals surface area contributed by atoms with Crippen LogP contribution < -0.4 is 16.2 Å². The summed E-state index contributed by atoms with van der Waals surface area (Å²) in [6, 6.07) is 3.02. The van der Waals surface area contributed by atoms with Gasteiger partial charge >= 0.3 is 0 Å². The van der Waals surface area contributed by atoms with Crippen LogP contribution in [0.25, 0.3) is 0 Å². The van der Waals surface area contributed by atoms with Crippen LogP contribution in [0.2, 0.25) is 0 Å². The molecular formula is C10H13FN4. The van der Waals surface area contributed by atoms with Gasteiger partial charge in [0.05, 0.1) is 5.69 Å². The lowest BCUT2D eigenvalue weighted by Crippen LogP contribution is -2.37. The van der Waals surface area contributed by atoms with Crippen LogP contribution in [-0.4, -0.2) is 11.1 Å². The van der Waals surface area contributed by atoms with Gasteiger partial charge in [-0.25, -0.2) is 14.8 Å². The molecule has 15 heavy (non-hydrogen) atoms. The number of halogens is 1. The van der Waals surface area contributed by atoms with E-state index in [1.165, 1.54) is 6.07 Å². The van der Waals surface area contributed by atoms with Crippen molar-refractivity contribution in [2.45, 2.75) is 20.0 Å². The summed E-state index contributed by atoms with van der Waals surface area (Å²) in [7, 11) is 0. The van der Waals surface area contributed by atoms with Gasteiger partial charge < -0.3 is 10.7 Å². The molecule has 0 saturated carbocycles. The van der Waals surface area contributed by atoms with E-state index in [-0.39, 0.29) is 12.0 Å². The van der Waals surface area contributed by atoms with Gasteiger partial charge in [-0.1, -0.05) is 0 Å². The Morgan fingerprint density at radius 2 is 2.20 bits per heavy atom. The zero-order valence-corrected chi connectivity index (χ0v) is 8.63. The average molecular weight is 208 g/mol. The number of pyridine rings is 1. The molecule has 5 heteroatoms. The van der Waals surface area contributed by atoms with Crippen LogP contribution in [-0.2, 0) is 0 Å². The number of hydrazine groups is 1. The molecule has 1 aromatic rings. The minimum absolute atomic E-state index is 0.0117. The Hall–Kier alpha value is -1.62. The Kier molecular flexibility index (Phi) is 2.55. The summed E-state index contributed by atoms with van der Waals surface area (Å²) in [5.74, 6) is 0.365. The van der Waals surface area contributed by atoms with Gasteiger partial charge in [0.25, 0.3) is 0 Å². The van der Waals surface area contributed by atoms with Crippen LogP contribution in [0.4, 0.5) is 10.2 Å². The molecule has 3 N–H and O–H groups in total. The van der Waals surface area contributed by atoms with E-state index < -0.39 is 0 Å². The Labute approximate surface area is 87.6 Å². The molecule has 1 aliphatic rings. The highest BCUT2D eigenvalue weighted by Crippen LogP contribution is 2.10. The molecule has 0 fully saturated rings. The molecule has 0 radical (unpaired) electrons. The van der Waals surface area contributed by atoms with E-state index in [0.717, 1.165) is 5.70 Å². The molecule has 0 amide bonds. The number of anilines is 1. The summed E-state index contributed by atoms with van der Waals surface area (Å²) in [5, 5.41) is 3.11. The second-order valence-electron chi connectivity index (χ2n) is 3.50. The number of aryl methyl sites for hydroxylation is 1. The largest absolute Gasteiger partial charge is 0.350 e. The molecule has 80 valence electrons. The van der Waals surface area contributed by atoms with Gasteiger partial charge in [-0.15, -0.1) is 0 Å². The number of aromatic nitrogens is 1. The number of allylic oxidation sites excluding steroid dienone is 1. The highest BCUT2D eigenvalue weighted by atomic mass is 19.1. The van der Waals surface area contributed by atoms with Crippen molar-refractivity contribution in [3.8, 4) is 0 Å². The van der Waals surface area contributed by atoms with Crippen LogP contribution in [0.15, 0.2) is 23.9 Å². The molecule has 1 unspecified atom stereocenters. The number of hydrogen-bond acceptors (Lipinski definition) is 4. The molecule has 1 aliphatic heterocycles. The van der Waals surface area contributed by atoms with Crippen molar-refractivity contribution in [1.29, 1.82) is 0 Å². The fourth-order valence-corrected chi connectivity index (χ4v) is 1.39. The Bertz CT molecular complexity index is 402. The van der Waals surface area contributed by atoms with Crippen molar-refractivity contribution >= 4 is 5.82 Å². The Morgan fingerprint density at radius 1 is 1.40 bits per heavy atom. The van der Waals surface area contributed by atoms with Gasteiger partial charge in [0.2, 0.25) is 0 Å². The minimum atomic E-state index is -0.287. The average Bonchev–Trinajstić information content (AvgIpc) is 2.58. The van der Waals surface area contributed by atoms with E-state index in [4.69, 9.17) is 0 Å². The molecule has 1 atom stereocenters. The van der Waals surface area contributed by atoms with Crippen molar-refractivity contribution in [3.05, 3.63) is 35.4 Å². The second kappa shape index (κ2) is 3.86. The molecular weight excluding hydrogens is 195 g/mol. The van der Waals surface area contributed by atoms with Gasteiger partial charge in [-0.05, 0) is 32.1 Å². The molecule has 1 aromatic heterocycles. The van der Waals surface area contributed by atoms with Crippen molar-refractivity contribution in [2.24, 2.45) is 0 Å². The first-order chi connectivity index (χ1) is 7.15. The van der Waals surface area contributed by atoms with Gasteiger partial charge in [-0.3, -0.25) is 0 Å². The lowest BCUT2D eigenvalue weighted by atomic mass is 10.3. The lowest BCUT2D eigenvalue weighted by Gasteiger charge is -2.12. The first kappa shape index (κ1) is 9.92. The van der Waals surface area contributed by atoms with Crippen LogP contribution in [0.5, 0.6) is 0 Å². The van der Waals surface area contributed by atoms with E-state index in [2.05, 4.69) is 21.2 Å². The van der Waals surface area contributed by atoms with Gasteiger partial charge in [0.15, 0.2) is 0 Å². The fraction of sp³-hybridized carbons (Fsp3) is 0.300. The predicted molar refractivity (Wildman–Crippen MR) is 56.4 cm³/mol. The topological polar surface area (TPSA) is 49.0 Å². The smallest absolute Gasteiger partial charge is 0.144 e. The molecule has 2 rings (SSSR count). The molecule has 0 aromatic carbocycles. The summed E-state index contributed by atoms with van der Waals surface area (Å²) >= 11 is 0. The quantitative estimate of drug-likeness (QED) is 0.685. The summed E-state index contributed by atoms with van der Waals surface area (Å²) < 4.78 is 12.9. The Balaban J connectivity index is 2.08. The molecule has 4 nitrogen and oxygen atoms in total. The van der Waals surface area contributed by atoms with Crippen molar-refractivity contribution in [2.75, 3.05) is 5.32 Å². The zero-order valence-electron chi connectivity index (χ0n) is 8.63. The van der Waals surface area contributed by atoms with E-state index >= 15 is 0 Å². The predicted octanol–water partition coefficient (Wildman–Crippen LogP) is 1.28. The number of nitrogens with zero attached hydrogens (tertiary/aromatic N) is 1. The summed E-state index contributed by atoms with van der Waals surface area (Å²) in [4.78, 5) is 4.08. The zero-order chi connectivity index (χ0) is 10.8. The molecule has 0 aliphatic carbocycles.